The molecule has 0 aromatic heterocycles. The van der Waals surface area contributed by atoms with E-state index in [0.717, 1.165) is 6.42 Å². The maximum absolute atomic E-state index is 10.00. The second kappa shape index (κ2) is 6.02. The van der Waals surface area contributed by atoms with E-state index >= 15 is 0 Å². The van der Waals surface area contributed by atoms with Crippen LogP contribution in [0.4, 0.5) is 0 Å². The molecule has 2 nitrogen and oxygen atoms in total. The van der Waals surface area contributed by atoms with Crippen molar-refractivity contribution in [3.05, 3.63) is 34.9 Å². The van der Waals surface area contributed by atoms with Crippen molar-refractivity contribution in [2.24, 2.45) is 0 Å². The summed E-state index contributed by atoms with van der Waals surface area (Å²) in [5.41, 5.74) is 3.73. The Bertz CT molecular complexity index is 330. The summed E-state index contributed by atoms with van der Waals surface area (Å²) in [6.07, 6.45) is 1.01. The fraction of sp³-hybridized carbons (Fsp3) is 0.571. The van der Waals surface area contributed by atoms with Gasteiger partial charge in [-0.3, -0.25) is 0 Å². The largest absolute Gasteiger partial charge is 0.390 e. The Morgan fingerprint density at radius 2 is 1.94 bits per heavy atom. The summed E-state index contributed by atoms with van der Waals surface area (Å²) in [5, 5.41) is 10.00. The highest BCUT2D eigenvalue weighted by Crippen LogP contribution is 2.14. The Morgan fingerprint density at radius 1 is 1.25 bits per heavy atom. The molecule has 0 saturated heterocycles. The SMILES string of the molecule is CCC(OC)C(O)Cc1ccc(C)c(C)c1. The molecule has 1 N–H and O–H groups in total. The zero-order valence-corrected chi connectivity index (χ0v) is 10.7. The molecule has 0 bridgehead atoms. The number of rotatable bonds is 5. The molecule has 0 radical (unpaired) electrons. The van der Waals surface area contributed by atoms with Crippen molar-refractivity contribution in [2.75, 3.05) is 7.11 Å². The summed E-state index contributed by atoms with van der Waals surface area (Å²) in [6, 6.07) is 6.32. The number of methoxy groups -OCH3 is 1. The van der Waals surface area contributed by atoms with Crippen LogP contribution in [0.3, 0.4) is 0 Å². The van der Waals surface area contributed by atoms with Crippen LogP contribution in [0.25, 0.3) is 0 Å². The van der Waals surface area contributed by atoms with Gasteiger partial charge in [0, 0.05) is 13.5 Å². The zero-order valence-electron chi connectivity index (χ0n) is 10.7. The molecule has 1 aromatic rings. The molecule has 0 saturated carbocycles. The summed E-state index contributed by atoms with van der Waals surface area (Å²) >= 11 is 0. The molecule has 0 aliphatic heterocycles. The van der Waals surface area contributed by atoms with E-state index in [9.17, 15) is 5.11 Å². The third-order valence-corrected chi connectivity index (χ3v) is 3.15. The number of hydrogen-bond donors (Lipinski definition) is 1. The second-order valence-corrected chi connectivity index (χ2v) is 4.37. The van der Waals surface area contributed by atoms with Gasteiger partial charge in [-0.15, -0.1) is 0 Å². The lowest BCUT2D eigenvalue weighted by Gasteiger charge is -2.20. The molecule has 1 rings (SSSR count). The van der Waals surface area contributed by atoms with E-state index in [1.807, 2.05) is 6.92 Å². The summed E-state index contributed by atoms with van der Waals surface area (Å²) in [5.74, 6) is 0. The molecule has 0 fully saturated rings. The number of aliphatic hydroxyl groups excluding tert-OH is 1. The van der Waals surface area contributed by atoms with E-state index in [1.54, 1.807) is 7.11 Å². The smallest absolute Gasteiger partial charge is 0.0841 e. The maximum atomic E-state index is 10.00. The summed E-state index contributed by atoms with van der Waals surface area (Å²) in [6.45, 7) is 6.22. The molecule has 1 aromatic carbocycles. The van der Waals surface area contributed by atoms with Crippen LogP contribution >= 0.6 is 0 Å². The molecule has 0 spiro atoms. The fourth-order valence-corrected chi connectivity index (χ4v) is 1.90. The third kappa shape index (κ3) is 3.32. The normalized spacial score (nSPS) is 14.8. The minimum atomic E-state index is -0.419. The van der Waals surface area contributed by atoms with E-state index in [-0.39, 0.29) is 6.10 Å². The van der Waals surface area contributed by atoms with E-state index in [1.165, 1.54) is 16.7 Å². The first kappa shape index (κ1) is 13.2. The average Bonchev–Trinajstić information content (AvgIpc) is 2.25. The molecular formula is C14H22O2. The Labute approximate surface area is 98.3 Å². The first-order chi connectivity index (χ1) is 7.58. The van der Waals surface area contributed by atoms with Gasteiger partial charge < -0.3 is 9.84 Å². The van der Waals surface area contributed by atoms with Gasteiger partial charge >= 0.3 is 0 Å². The van der Waals surface area contributed by atoms with Gasteiger partial charge in [0.25, 0.3) is 0 Å². The molecule has 0 amide bonds. The summed E-state index contributed by atoms with van der Waals surface area (Å²) in [4.78, 5) is 0. The highest BCUT2D eigenvalue weighted by molar-refractivity contribution is 5.30. The number of ether oxygens (including phenoxy) is 1. The molecule has 0 heterocycles. The van der Waals surface area contributed by atoms with Crippen molar-refractivity contribution in [3.8, 4) is 0 Å². The number of aliphatic hydroxyl groups is 1. The number of benzene rings is 1. The first-order valence-electron chi connectivity index (χ1n) is 5.85. The van der Waals surface area contributed by atoms with Gasteiger partial charge in [-0.2, -0.15) is 0 Å². The lowest BCUT2D eigenvalue weighted by atomic mass is 9.99. The molecule has 2 unspecified atom stereocenters. The average molecular weight is 222 g/mol. The molecule has 90 valence electrons. The maximum Gasteiger partial charge on any atom is 0.0841 e. The van der Waals surface area contributed by atoms with Crippen LogP contribution in [0, 0.1) is 13.8 Å². The van der Waals surface area contributed by atoms with E-state index in [4.69, 9.17) is 4.74 Å². The van der Waals surface area contributed by atoms with Gasteiger partial charge in [0.15, 0.2) is 0 Å². The van der Waals surface area contributed by atoms with E-state index in [2.05, 4.69) is 32.0 Å². The lowest BCUT2D eigenvalue weighted by Crippen LogP contribution is -2.29. The van der Waals surface area contributed by atoms with Crippen LogP contribution in [0.2, 0.25) is 0 Å². The molecule has 16 heavy (non-hydrogen) atoms. The monoisotopic (exact) mass is 222 g/mol. The molecule has 2 heteroatoms. The van der Waals surface area contributed by atoms with E-state index < -0.39 is 6.10 Å². The van der Waals surface area contributed by atoms with Crippen LogP contribution in [0.15, 0.2) is 18.2 Å². The standard InChI is InChI=1S/C14H22O2/c1-5-14(16-4)13(15)9-12-7-6-10(2)11(3)8-12/h6-8,13-15H,5,9H2,1-4H3. The predicted molar refractivity (Wildman–Crippen MR) is 66.7 cm³/mol. The quantitative estimate of drug-likeness (QED) is 0.830. The van der Waals surface area contributed by atoms with Gasteiger partial charge in [0.05, 0.1) is 12.2 Å². The second-order valence-electron chi connectivity index (χ2n) is 4.37. The van der Waals surface area contributed by atoms with Crippen LogP contribution in [0.5, 0.6) is 0 Å². The highest BCUT2D eigenvalue weighted by atomic mass is 16.5. The Balaban J connectivity index is 2.69. The van der Waals surface area contributed by atoms with Gasteiger partial charge in [-0.1, -0.05) is 25.1 Å². The fourth-order valence-electron chi connectivity index (χ4n) is 1.90. The van der Waals surface area contributed by atoms with E-state index in [0.29, 0.717) is 6.42 Å². The third-order valence-electron chi connectivity index (χ3n) is 3.15. The number of aryl methyl sites for hydroxylation is 2. The Morgan fingerprint density at radius 3 is 2.44 bits per heavy atom. The van der Waals surface area contributed by atoms with Crippen LogP contribution in [-0.2, 0) is 11.2 Å². The number of hydrogen-bond acceptors (Lipinski definition) is 2. The lowest BCUT2D eigenvalue weighted by molar-refractivity contribution is -0.0128. The van der Waals surface area contributed by atoms with Crippen LogP contribution < -0.4 is 0 Å². The topological polar surface area (TPSA) is 29.5 Å². The first-order valence-corrected chi connectivity index (χ1v) is 5.85. The van der Waals surface area contributed by atoms with Crippen LogP contribution in [0.1, 0.15) is 30.0 Å². The van der Waals surface area contributed by atoms with Crippen molar-refractivity contribution in [2.45, 2.75) is 45.8 Å². The van der Waals surface area contributed by atoms with Crippen molar-refractivity contribution in [1.29, 1.82) is 0 Å². The molecule has 2 atom stereocenters. The molecule has 0 aliphatic rings. The molecular weight excluding hydrogens is 200 g/mol. The van der Waals surface area contributed by atoms with Crippen molar-refractivity contribution >= 4 is 0 Å². The Kier molecular flexibility index (Phi) is 4.97. The Hall–Kier alpha value is -0.860. The van der Waals surface area contributed by atoms with Gasteiger partial charge in [0.1, 0.15) is 0 Å². The minimum Gasteiger partial charge on any atom is -0.390 e. The predicted octanol–water partition coefficient (Wildman–Crippen LogP) is 2.63. The van der Waals surface area contributed by atoms with Crippen LogP contribution in [-0.4, -0.2) is 24.4 Å². The zero-order chi connectivity index (χ0) is 12.1. The van der Waals surface area contributed by atoms with Gasteiger partial charge in [-0.05, 0) is 37.0 Å². The molecule has 0 aliphatic carbocycles. The van der Waals surface area contributed by atoms with Crippen molar-refractivity contribution in [1.82, 2.24) is 0 Å². The van der Waals surface area contributed by atoms with Crippen molar-refractivity contribution < 1.29 is 9.84 Å². The minimum absolute atomic E-state index is 0.0680. The van der Waals surface area contributed by atoms with Crippen molar-refractivity contribution in [3.63, 3.8) is 0 Å². The summed E-state index contributed by atoms with van der Waals surface area (Å²) < 4.78 is 5.24. The van der Waals surface area contributed by atoms with Gasteiger partial charge in [0.2, 0.25) is 0 Å². The van der Waals surface area contributed by atoms with Gasteiger partial charge in [-0.25, -0.2) is 0 Å². The highest BCUT2D eigenvalue weighted by Gasteiger charge is 2.16. The summed E-state index contributed by atoms with van der Waals surface area (Å²) in [7, 11) is 1.65.